The maximum atomic E-state index is 12.5. The number of hydrogen-bond acceptors (Lipinski definition) is 3. The van der Waals surface area contributed by atoms with Crippen LogP contribution in [0, 0.1) is 5.92 Å². The van der Waals surface area contributed by atoms with E-state index in [1.165, 1.54) is 0 Å². The van der Waals surface area contributed by atoms with Gasteiger partial charge in [0.25, 0.3) is 5.91 Å². The first-order valence-corrected chi connectivity index (χ1v) is 7.89. The average molecular weight is 325 g/mol. The Balaban J connectivity index is 1.96. The summed E-state index contributed by atoms with van der Waals surface area (Å²) in [5.41, 5.74) is 5.31. The number of nitrogens with zero attached hydrogens (tertiary/aromatic N) is 1. The number of primary amides is 1. The van der Waals surface area contributed by atoms with Gasteiger partial charge >= 0.3 is 0 Å². The Morgan fingerprint density at radius 3 is 2.64 bits per heavy atom. The van der Waals surface area contributed by atoms with E-state index in [-0.39, 0.29) is 17.7 Å². The van der Waals surface area contributed by atoms with Gasteiger partial charge in [-0.1, -0.05) is 24.6 Å². The van der Waals surface area contributed by atoms with Gasteiger partial charge < -0.3 is 15.4 Å². The highest BCUT2D eigenvalue weighted by atomic mass is 35.5. The summed E-state index contributed by atoms with van der Waals surface area (Å²) in [7, 11) is 0. The Morgan fingerprint density at radius 2 is 2.09 bits per heavy atom. The van der Waals surface area contributed by atoms with E-state index in [9.17, 15) is 9.59 Å². The standard InChI is InChI=1S/C16H21ClN2O3/c1-2-14(22-13-5-3-4-12(17)10-13)16(21)19-8-6-11(7-9-19)15(18)20/h3-5,10-11,14H,2,6-9H2,1H3,(H2,18,20). The average Bonchev–Trinajstić information content (AvgIpc) is 2.52. The summed E-state index contributed by atoms with van der Waals surface area (Å²) >= 11 is 5.93. The fraction of sp³-hybridized carbons (Fsp3) is 0.500. The molecule has 0 spiro atoms. The van der Waals surface area contributed by atoms with Crippen molar-refractivity contribution in [3.63, 3.8) is 0 Å². The zero-order valence-electron chi connectivity index (χ0n) is 12.6. The molecule has 5 nitrogen and oxygen atoms in total. The van der Waals surface area contributed by atoms with Crippen molar-refractivity contribution in [1.29, 1.82) is 0 Å². The summed E-state index contributed by atoms with van der Waals surface area (Å²) in [5, 5.41) is 0.571. The molecule has 1 saturated heterocycles. The Kier molecular flexibility index (Phi) is 5.66. The third-order valence-corrected chi connectivity index (χ3v) is 4.16. The number of nitrogens with two attached hydrogens (primary N) is 1. The second-order valence-electron chi connectivity index (χ2n) is 5.47. The van der Waals surface area contributed by atoms with Crippen molar-refractivity contribution in [3.05, 3.63) is 29.3 Å². The highest BCUT2D eigenvalue weighted by molar-refractivity contribution is 6.30. The van der Waals surface area contributed by atoms with Gasteiger partial charge in [0.15, 0.2) is 6.10 Å². The van der Waals surface area contributed by atoms with Crippen LogP contribution in [0.4, 0.5) is 0 Å². The molecule has 1 fully saturated rings. The lowest BCUT2D eigenvalue weighted by atomic mass is 9.96. The van der Waals surface area contributed by atoms with E-state index in [0.717, 1.165) is 0 Å². The molecule has 0 saturated carbocycles. The Bertz CT molecular complexity index is 542. The number of hydrogen-bond donors (Lipinski definition) is 1. The van der Waals surface area contributed by atoms with Crippen LogP contribution >= 0.6 is 11.6 Å². The topological polar surface area (TPSA) is 72.6 Å². The van der Waals surface area contributed by atoms with Crippen molar-refractivity contribution in [2.24, 2.45) is 11.7 Å². The van der Waals surface area contributed by atoms with Crippen molar-refractivity contribution < 1.29 is 14.3 Å². The van der Waals surface area contributed by atoms with Crippen molar-refractivity contribution in [2.45, 2.75) is 32.3 Å². The molecular formula is C16H21ClN2O3. The summed E-state index contributed by atoms with van der Waals surface area (Å²) in [4.78, 5) is 25.5. The summed E-state index contributed by atoms with van der Waals surface area (Å²) in [6, 6.07) is 7.01. The molecule has 1 aliphatic rings. The molecule has 0 bridgehead atoms. The third-order valence-electron chi connectivity index (χ3n) is 3.93. The molecule has 2 amide bonds. The van der Waals surface area contributed by atoms with Crippen molar-refractivity contribution in [2.75, 3.05) is 13.1 Å². The monoisotopic (exact) mass is 324 g/mol. The molecule has 2 rings (SSSR count). The van der Waals surface area contributed by atoms with Crippen LogP contribution in [0.3, 0.4) is 0 Å². The van der Waals surface area contributed by atoms with Crippen LogP contribution in [0.15, 0.2) is 24.3 Å². The van der Waals surface area contributed by atoms with Crippen LogP contribution < -0.4 is 10.5 Å². The summed E-state index contributed by atoms with van der Waals surface area (Å²) in [6.07, 6.45) is 1.27. The molecule has 120 valence electrons. The third kappa shape index (κ3) is 4.13. The molecule has 22 heavy (non-hydrogen) atoms. The maximum absolute atomic E-state index is 12.5. The van der Waals surface area contributed by atoms with Gasteiger partial charge in [-0.3, -0.25) is 9.59 Å². The number of likely N-dealkylation sites (tertiary alicyclic amines) is 1. The summed E-state index contributed by atoms with van der Waals surface area (Å²) < 4.78 is 5.77. The second kappa shape index (κ2) is 7.49. The van der Waals surface area contributed by atoms with Gasteiger partial charge in [-0.05, 0) is 37.5 Å². The fourth-order valence-electron chi connectivity index (χ4n) is 2.60. The minimum atomic E-state index is -0.538. The van der Waals surface area contributed by atoms with Gasteiger partial charge in [0.05, 0.1) is 0 Å². The van der Waals surface area contributed by atoms with Crippen LogP contribution in [0.2, 0.25) is 5.02 Å². The highest BCUT2D eigenvalue weighted by Gasteiger charge is 2.30. The summed E-state index contributed by atoms with van der Waals surface area (Å²) in [5.74, 6) is 0.123. The minimum Gasteiger partial charge on any atom is -0.481 e. The zero-order valence-corrected chi connectivity index (χ0v) is 13.4. The van der Waals surface area contributed by atoms with E-state index in [2.05, 4.69) is 0 Å². The number of amides is 2. The smallest absolute Gasteiger partial charge is 0.263 e. The van der Waals surface area contributed by atoms with Crippen LogP contribution in [-0.4, -0.2) is 35.9 Å². The molecule has 1 unspecified atom stereocenters. The van der Waals surface area contributed by atoms with Gasteiger partial charge in [0, 0.05) is 24.0 Å². The van der Waals surface area contributed by atoms with E-state index in [4.69, 9.17) is 22.1 Å². The second-order valence-corrected chi connectivity index (χ2v) is 5.91. The van der Waals surface area contributed by atoms with Gasteiger partial charge in [-0.2, -0.15) is 0 Å². The predicted octanol–water partition coefficient (Wildman–Crippen LogP) is 2.22. The van der Waals surface area contributed by atoms with Crippen molar-refractivity contribution in [3.8, 4) is 5.75 Å². The first-order valence-electron chi connectivity index (χ1n) is 7.51. The van der Waals surface area contributed by atoms with Gasteiger partial charge in [-0.25, -0.2) is 0 Å². The summed E-state index contributed by atoms with van der Waals surface area (Å²) in [6.45, 7) is 2.99. The molecule has 0 aromatic heterocycles. The quantitative estimate of drug-likeness (QED) is 0.902. The molecular weight excluding hydrogens is 304 g/mol. The van der Waals surface area contributed by atoms with Gasteiger partial charge in [-0.15, -0.1) is 0 Å². The first-order chi connectivity index (χ1) is 10.5. The minimum absolute atomic E-state index is 0.0506. The van der Waals surface area contributed by atoms with E-state index >= 15 is 0 Å². The molecule has 0 aliphatic carbocycles. The van der Waals surface area contributed by atoms with E-state index < -0.39 is 6.10 Å². The molecule has 2 N–H and O–H groups in total. The Morgan fingerprint density at radius 1 is 1.41 bits per heavy atom. The Hall–Kier alpha value is -1.75. The number of rotatable bonds is 5. The maximum Gasteiger partial charge on any atom is 0.263 e. The van der Waals surface area contributed by atoms with Crippen LogP contribution in [0.5, 0.6) is 5.75 Å². The molecule has 0 radical (unpaired) electrons. The molecule has 1 heterocycles. The van der Waals surface area contributed by atoms with Crippen LogP contribution in [0.1, 0.15) is 26.2 Å². The first kappa shape index (κ1) is 16.6. The molecule has 6 heteroatoms. The van der Waals surface area contributed by atoms with Crippen LogP contribution in [0.25, 0.3) is 0 Å². The Labute approximate surface area is 135 Å². The highest BCUT2D eigenvalue weighted by Crippen LogP contribution is 2.22. The number of halogens is 1. The molecule has 1 aliphatic heterocycles. The van der Waals surface area contributed by atoms with E-state index in [1.807, 2.05) is 6.92 Å². The number of carbonyl (C=O) groups is 2. The largest absolute Gasteiger partial charge is 0.481 e. The van der Waals surface area contributed by atoms with Crippen LogP contribution in [-0.2, 0) is 9.59 Å². The number of benzene rings is 1. The zero-order chi connectivity index (χ0) is 16.1. The molecule has 1 aromatic rings. The number of carbonyl (C=O) groups excluding carboxylic acids is 2. The number of ether oxygens (including phenoxy) is 1. The van der Waals surface area contributed by atoms with Crippen molar-refractivity contribution in [1.82, 2.24) is 4.90 Å². The van der Waals surface area contributed by atoms with Crippen molar-refractivity contribution >= 4 is 23.4 Å². The number of piperidine rings is 1. The lowest BCUT2D eigenvalue weighted by Crippen LogP contribution is -2.47. The van der Waals surface area contributed by atoms with E-state index in [0.29, 0.717) is 43.1 Å². The molecule has 1 aromatic carbocycles. The predicted molar refractivity (Wildman–Crippen MR) is 84.7 cm³/mol. The normalized spacial score (nSPS) is 17.1. The van der Waals surface area contributed by atoms with Gasteiger partial charge in [0.1, 0.15) is 5.75 Å². The van der Waals surface area contributed by atoms with Gasteiger partial charge in [0.2, 0.25) is 5.91 Å². The lowest BCUT2D eigenvalue weighted by Gasteiger charge is -2.33. The molecule has 1 atom stereocenters. The van der Waals surface area contributed by atoms with E-state index in [1.54, 1.807) is 29.2 Å². The lowest BCUT2D eigenvalue weighted by molar-refractivity contribution is -0.141. The SMILES string of the molecule is CCC(Oc1cccc(Cl)c1)C(=O)N1CCC(C(N)=O)CC1. The fourth-order valence-corrected chi connectivity index (χ4v) is 2.78.